The first kappa shape index (κ1) is 22.3. The topological polar surface area (TPSA) is 91.9 Å². The average molecular weight is 455 g/mol. The fourth-order valence-electron chi connectivity index (χ4n) is 4.33. The third-order valence-corrected chi connectivity index (χ3v) is 6.45. The van der Waals surface area contributed by atoms with Crippen LogP contribution in [-0.2, 0) is 11.3 Å². The van der Waals surface area contributed by atoms with E-state index in [-0.39, 0.29) is 11.5 Å². The first-order valence-corrected chi connectivity index (χ1v) is 11.7. The lowest BCUT2D eigenvalue weighted by Gasteiger charge is -2.13. The van der Waals surface area contributed by atoms with Crippen LogP contribution in [0.3, 0.4) is 0 Å². The Balaban J connectivity index is 1.33. The van der Waals surface area contributed by atoms with Gasteiger partial charge in [-0.25, -0.2) is 0 Å². The minimum Gasteiger partial charge on any atom is -0.497 e. The average Bonchev–Trinajstić information content (AvgIpc) is 3.17. The second kappa shape index (κ2) is 10.2. The zero-order chi connectivity index (χ0) is 22.5. The molecule has 0 fully saturated rings. The molecule has 170 valence electrons. The summed E-state index contributed by atoms with van der Waals surface area (Å²) in [5, 5.41) is 3.88. The monoisotopic (exact) mass is 454 g/mol. The zero-order valence-corrected chi connectivity index (χ0v) is 19.3. The van der Waals surface area contributed by atoms with Crippen molar-refractivity contribution in [3.8, 4) is 5.75 Å². The third-order valence-electron chi connectivity index (χ3n) is 6.13. The fraction of sp³-hybridized carbons (Fsp3) is 0.458. The van der Waals surface area contributed by atoms with Crippen molar-refractivity contribution in [2.24, 2.45) is 0 Å². The highest BCUT2D eigenvalue weighted by molar-refractivity contribution is 7.71. The Kier molecular flexibility index (Phi) is 7.09. The summed E-state index contributed by atoms with van der Waals surface area (Å²) in [5.41, 5.74) is 3.36. The van der Waals surface area contributed by atoms with Gasteiger partial charge < -0.3 is 20.0 Å². The molecular formula is C24H30N4O3S. The summed E-state index contributed by atoms with van der Waals surface area (Å²) in [5.74, 6) is 0.787. The van der Waals surface area contributed by atoms with E-state index in [4.69, 9.17) is 17.0 Å². The van der Waals surface area contributed by atoms with Gasteiger partial charge in [-0.15, -0.1) is 0 Å². The van der Waals surface area contributed by atoms with E-state index < -0.39 is 0 Å². The summed E-state index contributed by atoms with van der Waals surface area (Å²) < 4.78 is 7.25. The van der Waals surface area contributed by atoms with Gasteiger partial charge >= 0.3 is 0 Å². The number of rotatable bonds is 9. The lowest BCUT2D eigenvalue weighted by atomic mass is 9.97. The van der Waals surface area contributed by atoms with Crippen molar-refractivity contribution in [2.45, 2.75) is 57.9 Å². The number of hydrogen-bond acceptors (Lipinski definition) is 4. The normalized spacial score (nSPS) is 14.0. The van der Waals surface area contributed by atoms with Gasteiger partial charge in [0.25, 0.3) is 5.56 Å². The molecule has 0 radical (unpaired) electrons. The number of benzene rings is 1. The van der Waals surface area contributed by atoms with Crippen LogP contribution in [0, 0.1) is 4.77 Å². The van der Waals surface area contributed by atoms with Crippen LogP contribution in [0.1, 0.15) is 51.4 Å². The number of allylic oxidation sites excluding steroid dienone is 1. The maximum atomic E-state index is 13.0. The van der Waals surface area contributed by atoms with Gasteiger partial charge in [-0.1, -0.05) is 11.6 Å². The highest BCUT2D eigenvalue weighted by Gasteiger charge is 2.12. The molecule has 0 saturated carbocycles. The lowest BCUT2D eigenvalue weighted by molar-refractivity contribution is -0.121. The van der Waals surface area contributed by atoms with E-state index in [2.05, 4.69) is 21.4 Å². The van der Waals surface area contributed by atoms with Crippen LogP contribution in [-0.4, -0.2) is 34.1 Å². The van der Waals surface area contributed by atoms with Crippen molar-refractivity contribution in [1.82, 2.24) is 19.9 Å². The van der Waals surface area contributed by atoms with Crippen LogP contribution >= 0.6 is 12.2 Å². The molecule has 3 N–H and O–H groups in total. The van der Waals surface area contributed by atoms with E-state index in [9.17, 15) is 9.59 Å². The molecule has 1 aliphatic carbocycles. The van der Waals surface area contributed by atoms with Gasteiger partial charge in [0.15, 0.2) is 4.77 Å². The molecule has 1 aliphatic rings. The Hall–Kier alpha value is -2.87. The summed E-state index contributed by atoms with van der Waals surface area (Å²) in [4.78, 5) is 31.5. The number of amides is 1. The van der Waals surface area contributed by atoms with Crippen molar-refractivity contribution < 1.29 is 9.53 Å². The SMILES string of the molecule is COc1ccc2[nH]c3c(=O)n(CCCCC(=O)NCCC4=CCCCC4)c(=S)[nH]c3c2c1. The van der Waals surface area contributed by atoms with Crippen LogP contribution in [0.5, 0.6) is 5.75 Å². The van der Waals surface area contributed by atoms with E-state index in [1.165, 1.54) is 31.3 Å². The fourth-order valence-corrected chi connectivity index (χ4v) is 4.61. The minimum atomic E-state index is -0.149. The number of H-pyrrole nitrogens is 2. The highest BCUT2D eigenvalue weighted by Crippen LogP contribution is 2.26. The van der Waals surface area contributed by atoms with E-state index >= 15 is 0 Å². The molecule has 3 aromatic rings. The van der Waals surface area contributed by atoms with E-state index in [1.54, 1.807) is 11.7 Å². The van der Waals surface area contributed by atoms with Gasteiger partial charge in [0, 0.05) is 30.4 Å². The molecule has 0 saturated heterocycles. The molecule has 0 aliphatic heterocycles. The summed E-state index contributed by atoms with van der Waals surface area (Å²) in [7, 11) is 1.61. The smallest absolute Gasteiger partial charge is 0.278 e. The zero-order valence-electron chi connectivity index (χ0n) is 18.5. The molecular weight excluding hydrogens is 424 g/mol. The molecule has 0 bridgehead atoms. The van der Waals surface area contributed by atoms with Gasteiger partial charge in [-0.05, 0) is 75.4 Å². The van der Waals surface area contributed by atoms with E-state index in [0.717, 1.165) is 23.1 Å². The maximum Gasteiger partial charge on any atom is 0.278 e. The Morgan fingerprint density at radius 1 is 1.22 bits per heavy atom. The van der Waals surface area contributed by atoms with Gasteiger partial charge in [0.05, 0.1) is 12.6 Å². The predicted octanol–water partition coefficient (Wildman–Crippen LogP) is 4.73. The Morgan fingerprint density at radius 2 is 2.09 bits per heavy atom. The highest BCUT2D eigenvalue weighted by atomic mass is 32.1. The van der Waals surface area contributed by atoms with Crippen LogP contribution in [0.2, 0.25) is 0 Å². The number of aromatic amines is 2. The lowest BCUT2D eigenvalue weighted by Crippen LogP contribution is -2.25. The number of methoxy groups -OCH3 is 1. The number of ether oxygens (including phenoxy) is 1. The van der Waals surface area contributed by atoms with Gasteiger partial charge in [-0.3, -0.25) is 14.2 Å². The van der Waals surface area contributed by atoms with E-state index in [0.29, 0.717) is 48.2 Å². The number of nitrogens with zero attached hydrogens (tertiary/aromatic N) is 1. The van der Waals surface area contributed by atoms with Crippen LogP contribution in [0.4, 0.5) is 0 Å². The predicted molar refractivity (Wildman–Crippen MR) is 130 cm³/mol. The van der Waals surface area contributed by atoms with Crippen LogP contribution in [0.25, 0.3) is 21.9 Å². The minimum absolute atomic E-state index is 0.0685. The number of carbonyl (C=O) groups excluding carboxylic acids is 1. The van der Waals surface area contributed by atoms with Crippen molar-refractivity contribution in [1.29, 1.82) is 0 Å². The first-order valence-electron chi connectivity index (χ1n) is 11.3. The van der Waals surface area contributed by atoms with Crippen LogP contribution in [0.15, 0.2) is 34.6 Å². The van der Waals surface area contributed by atoms with Crippen LogP contribution < -0.4 is 15.6 Å². The Bertz CT molecular complexity index is 1270. The number of hydrogen-bond donors (Lipinski definition) is 3. The first-order chi connectivity index (χ1) is 15.6. The molecule has 8 heteroatoms. The molecule has 7 nitrogen and oxygen atoms in total. The quantitative estimate of drug-likeness (QED) is 0.248. The van der Waals surface area contributed by atoms with Gasteiger partial charge in [-0.2, -0.15) is 0 Å². The molecule has 0 atom stereocenters. The van der Waals surface area contributed by atoms with Crippen molar-refractivity contribution in [3.63, 3.8) is 0 Å². The standard InChI is InChI=1S/C24H30N4O3S/c1-31-17-10-11-19-18(15-17)21-22(26-19)23(30)28(24(32)27-21)14-6-5-9-20(29)25-13-12-16-7-3-2-4-8-16/h7,10-11,15,26H,2-6,8-9,12-14H2,1H3,(H,25,29)(H,27,32). The molecule has 2 heterocycles. The molecule has 0 spiro atoms. The number of nitrogens with one attached hydrogen (secondary N) is 3. The number of aromatic nitrogens is 3. The Labute approximate surface area is 191 Å². The molecule has 4 rings (SSSR count). The summed E-state index contributed by atoms with van der Waals surface area (Å²) >= 11 is 5.46. The van der Waals surface area contributed by atoms with Crippen molar-refractivity contribution >= 4 is 40.1 Å². The van der Waals surface area contributed by atoms with Crippen molar-refractivity contribution in [2.75, 3.05) is 13.7 Å². The molecule has 1 amide bonds. The van der Waals surface area contributed by atoms with Crippen molar-refractivity contribution in [3.05, 3.63) is 45.0 Å². The third kappa shape index (κ3) is 4.96. The van der Waals surface area contributed by atoms with E-state index in [1.807, 2.05) is 18.2 Å². The maximum absolute atomic E-state index is 13.0. The molecule has 0 unspecified atom stereocenters. The summed E-state index contributed by atoms with van der Waals surface area (Å²) in [6, 6.07) is 5.62. The number of unbranched alkanes of at least 4 members (excludes halogenated alkanes) is 1. The number of carbonyl (C=O) groups is 1. The molecule has 1 aromatic carbocycles. The molecule has 2 aromatic heterocycles. The second-order valence-corrected chi connectivity index (χ2v) is 8.73. The van der Waals surface area contributed by atoms with Gasteiger partial charge in [0.1, 0.15) is 11.3 Å². The van der Waals surface area contributed by atoms with Gasteiger partial charge in [0.2, 0.25) is 5.91 Å². The largest absolute Gasteiger partial charge is 0.497 e. The Morgan fingerprint density at radius 3 is 2.88 bits per heavy atom. The summed E-state index contributed by atoms with van der Waals surface area (Å²) in [6.07, 6.45) is 10.0. The number of fused-ring (bicyclic) bond motifs is 3. The summed E-state index contributed by atoms with van der Waals surface area (Å²) in [6.45, 7) is 1.18. The second-order valence-electron chi connectivity index (χ2n) is 8.34. The molecule has 32 heavy (non-hydrogen) atoms.